The van der Waals surface area contributed by atoms with E-state index >= 15 is 0 Å². The van der Waals surface area contributed by atoms with Gasteiger partial charge in [-0.05, 0) is 12.1 Å². The Balaban J connectivity index is 2.65. The van der Waals surface area contributed by atoms with E-state index in [9.17, 15) is 0 Å². The molecular weight excluding hydrogens is 188 g/mol. The molecule has 0 spiro atoms. The van der Waals surface area contributed by atoms with Gasteiger partial charge in [-0.2, -0.15) is 0 Å². The van der Waals surface area contributed by atoms with Gasteiger partial charge in [0.15, 0.2) is 0 Å². The summed E-state index contributed by atoms with van der Waals surface area (Å²) in [6, 6.07) is 3.48. The van der Waals surface area contributed by atoms with E-state index in [2.05, 4.69) is 4.99 Å². The average molecular weight is 197 g/mol. The van der Waals surface area contributed by atoms with Crippen LogP contribution in [0.25, 0.3) is 0 Å². The Morgan fingerprint density at radius 3 is 2.92 bits per heavy atom. The van der Waals surface area contributed by atoms with Crippen LogP contribution in [-0.2, 0) is 0 Å². The molecule has 5 heteroatoms. The van der Waals surface area contributed by atoms with E-state index in [1.54, 1.807) is 18.3 Å². The Hall–Kier alpha value is -1.42. The molecular formula is C8H9ClN4. The van der Waals surface area contributed by atoms with Crippen LogP contribution >= 0.6 is 11.8 Å². The van der Waals surface area contributed by atoms with Crippen molar-refractivity contribution >= 4 is 35.1 Å². The molecule has 1 aliphatic heterocycles. The van der Waals surface area contributed by atoms with E-state index in [0.717, 1.165) is 11.3 Å². The number of benzene rings is 1. The average Bonchev–Trinajstić information content (AvgIpc) is 2.02. The van der Waals surface area contributed by atoms with Crippen molar-refractivity contribution in [3.05, 3.63) is 17.7 Å². The van der Waals surface area contributed by atoms with Crippen LogP contribution in [0.3, 0.4) is 0 Å². The largest absolute Gasteiger partial charge is 0.399 e. The van der Waals surface area contributed by atoms with E-state index in [4.69, 9.17) is 23.2 Å². The molecule has 0 fully saturated rings. The zero-order chi connectivity index (χ0) is 9.42. The van der Waals surface area contributed by atoms with E-state index in [0.29, 0.717) is 18.0 Å². The number of nitrogen functional groups attached to an aromatic ring is 2. The standard InChI is InChI=1S/C8H9ClN4/c9-13-4-12-3-5-1-6(10)2-7(11)8(5)13/h1-3H,4,10-11H2. The number of rotatable bonds is 0. The number of hydrogen-bond acceptors (Lipinski definition) is 4. The van der Waals surface area contributed by atoms with Crippen LogP contribution in [0.2, 0.25) is 0 Å². The van der Waals surface area contributed by atoms with Crippen molar-refractivity contribution in [1.29, 1.82) is 0 Å². The highest BCUT2D eigenvalue weighted by Crippen LogP contribution is 2.32. The van der Waals surface area contributed by atoms with Gasteiger partial charge in [-0.3, -0.25) is 9.41 Å². The zero-order valence-corrected chi connectivity index (χ0v) is 7.62. The molecule has 0 radical (unpaired) electrons. The fourth-order valence-electron chi connectivity index (χ4n) is 1.36. The SMILES string of the molecule is Nc1cc(N)c2c(c1)C=NCN2Cl. The summed E-state index contributed by atoms with van der Waals surface area (Å²) in [4.78, 5) is 4.04. The maximum atomic E-state index is 5.90. The molecule has 4 nitrogen and oxygen atoms in total. The molecule has 0 unspecified atom stereocenters. The van der Waals surface area contributed by atoms with E-state index in [-0.39, 0.29) is 0 Å². The summed E-state index contributed by atoms with van der Waals surface area (Å²) in [7, 11) is 0. The van der Waals surface area contributed by atoms with Crippen LogP contribution in [0.4, 0.5) is 17.1 Å². The minimum Gasteiger partial charge on any atom is -0.399 e. The summed E-state index contributed by atoms with van der Waals surface area (Å²) in [5.74, 6) is 0. The number of nitrogens with zero attached hydrogens (tertiary/aromatic N) is 2. The molecule has 0 amide bonds. The monoisotopic (exact) mass is 196 g/mol. The van der Waals surface area contributed by atoms with Crippen LogP contribution in [0, 0.1) is 0 Å². The highest BCUT2D eigenvalue weighted by Gasteiger charge is 2.15. The van der Waals surface area contributed by atoms with Crippen LogP contribution in [0.5, 0.6) is 0 Å². The predicted molar refractivity (Wildman–Crippen MR) is 56.1 cm³/mol. The molecule has 1 aromatic carbocycles. The molecule has 0 aliphatic carbocycles. The van der Waals surface area contributed by atoms with Crippen LogP contribution < -0.4 is 15.9 Å². The van der Waals surface area contributed by atoms with Gasteiger partial charge in [-0.1, -0.05) is 0 Å². The van der Waals surface area contributed by atoms with Gasteiger partial charge >= 0.3 is 0 Å². The summed E-state index contributed by atoms with van der Waals surface area (Å²) in [5.41, 5.74) is 14.2. The van der Waals surface area contributed by atoms with Gasteiger partial charge in [0.1, 0.15) is 6.67 Å². The molecule has 0 aromatic heterocycles. The Labute approximate surface area is 80.9 Å². The van der Waals surface area contributed by atoms with E-state index in [1.165, 1.54) is 4.42 Å². The smallest absolute Gasteiger partial charge is 0.125 e. The van der Waals surface area contributed by atoms with Gasteiger partial charge < -0.3 is 11.5 Å². The molecule has 68 valence electrons. The third-order valence-electron chi connectivity index (χ3n) is 1.87. The maximum Gasteiger partial charge on any atom is 0.125 e. The second kappa shape index (κ2) is 2.81. The second-order valence-electron chi connectivity index (χ2n) is 2.86. The van der Waals surface area contributed by atoms with Crippen molar-refractivity contribution < 1.29 is 0 Å². The normalized spacial score (nSPS) is 14.4. The fraction of sp³-hybridized carbons (Fsp3) is 0.125. The van der Waals surface area contributed by atoms with Crippen molar-refractivity contribution in [3.63, 3.8) is 0 Å². The summed E-state index contributed by atoms with van der Waals surface area (Å²) < 4.78 is 1.48. The lowest BCUT2D eigenvalue weighted by Gasteiger charge is -2.21. The highest BCUT2D eigenvalue weighted by atomic mass is 35.5. The zero-order valence-electron chi connectivity index (χ0n) is 6.87. The van der Waals surface area contributed by atoms with Gasteiger partial charge in [0, 0.05) is 29.2 Å². The third-order valence-corrected chi connectivity index (χ3v) is 2.15. The summed E-state index contributed by atoms with van der Waals surface area (Å²) in [6.45, 7) is 0.419. The van der Waals surface area contributed by atoms with E-state index < -0.39 is 0 Å². The number of hydrogen-bond donors (Lipinski definition) is 2. The molecule has 0 bridgehead atoms. The minimum absolute atomic E-state index is 0.419. The molecule has 13 heavy (non-hydrogen) atoms. The van der Waals surface area contributed by atoms with Crippen LogP contribution in [0.1, 0.15) is 5.56 Å². The molecule has 2 rings (SSSR count). The van der Waals surface area contributed by atoms with Crippen LogP contribution in [0.15, 0.2) is 17.1 Å². The van der Waals surface area contributed by atoms with Crippen molar-refractivity contribution in [3.8, 4) is 0 Å². The number of anilines is 3. The topological polar surface area (TPSA) is 67.6 Å². The lowest BCUT2D eigenvalue weighted by molar-refractivity contribution is 1.04. The number of aliphatic imine (C=N–C) groups is 1. The molecule has 1 aromatic rings. The van der Waals surface area contributed by atoms with Gasteiger partial charge in [-0.15, -0.1) is 0 Å². The quantitative estimate of drug-likeness (QED) is 0.484. The maximum absolute atomic E-state index is 5.90. The molecule has 0 atom stereocenters. The Kier molecular flexibility index (Phi) is 1.77. The Bertz CT molecular complexity index is 375. The van der Waals surface area contributed by atoms with Gasteiger partial charge in [0.25, 0.3) is 0 Å². The summed E-state index contributed by atoms with van der Waals surface area (Å²) in [5, 5.41) is 0. The van der Waals surface area contributed by atoms with Gasteiger partial charge in [0.05, 0.1) is 11.4 Å². The third kappa shape index (κ3) is 1.29. The first kappa shape index (κ1) is 8.19. The first-order valence-electron chi connectivity index (χ1n) is 3.80. The molecule has 0 saturated heterocycles. The first-order chi connectivity index (χ1) is 6.18. The number of nitrogens with two attached hydrogens (primary N) is 2. The predicted octanol–water partition coefficient (Wildman–Crippen LogP) is 1.20. The summed E-state index contributed by atoms with van der Waals surface area (Å²) in [6.07, 6.45) is 1.72. The Morgan fingerprint density at radius 2 is 2.15 bits per heavy atom. The van der Waals surface area contributed by atoms with Crippen molar-refractivity contribution in [2.45, 2.75) is 0 Å². The fourth-order valence-corrected chi connectivity index (χ4v) is 1.62. The van der Waals surface area contributed by atoms with Crippen molar-refractivity contribution in [2.24, 2.45) is 4.99 Å². The van der Waals surface area contributed by atoms with Crippen molar-refractivity contribution in [1.82, 2.24) is 0 Å². The summed E-state index contributed by atoms with van der Waals surface area (Å²) >= 11 is 5.90. The van der Waals surface area contributed by atoms with Crippen LogP contribution in [-0.4, -0.2) is 12.9 Å². The lowest BCUT2D eigenvalue weighted by Crippen LogP contribution is -2.18. The number of halogens is 1. The van der Waals surface area contributed by atoms with Gasteiger partial charge in [-0.25, -0.2) is 0 Å². The van der Waals surface area contributed by atoms with Crippen molar-refractivity contribution in [2.75, 3.05) is 22.6 Å². The van der Waals surface area contributed by atoms with E-state index in [1.807, 2.05) is 0 Å². The highest BCUT2D eigenvalue weighted by molar-refractivity contribution is 6.28. The number of fused-ring (bicyclic) bond motifs is 1. The molecule has 4 N–H and O–H groups in total. The lowest BCUT2D eigenvalue weighted by atomic mass is 10.1. The molecule has 1 heterocycles. The molecule has 0 saturated carbocycles. The molecule has 1 aliphatic rings. The first-order valence-corrected chi connectivity index (χ1v) is 4.14. The minimum atomic E-state index is 0.419. The second-order valence-corrected chi connectivity index (χ2v) is 3.27. The van der Waals surface area contributed by atoms with Gasteiger partial charge in [0.2, 0.25) is 0 Å². The Morgan fingerprint density at radius 1 is 1.38 bits per heavy atom.